The highest BCUT2D eigenvalue weighted by molar-refractivity contribution is 7.89. The molecule has 2 amide bonds. The Labute approximate surface area is 157 Å². The Bertz CT molecular complexity index is 770. The number of amides is 2. The molecule has 0 aliphatic carbocycles. The summed E-state index contributed by atoms with van der Waals surface area (Å²) in [6.07, 6.45) is -0.946. The van der Waals surface area contributed by atoms with Crippen LogP contribution in [-0.2, 0) is 24.3 Å². The van der Waals surface area contributed by atoms with Gasteiger partial charge in [-0.05, 0) is 38.4 Å². The van der Waals surface area contributed by atoms with Crippen LogP contribution in [0.25, 0.3) is 0 Å². The first-order valence-corrected chi connectivity index (χ1v) is 9.75. The van der Waals surface area contributed by atoms with Crippen LogP contribution in [0.3, 0.4) is 0 Å². The summed E-state index contributed by atoms with van der Waals surface area (Å²) in [5, 5.41) is 4.83. The highest BCUT2D eigenvalue weighted by Gasteiger charge is 2.36. The number of nitrogens with zero attached hydrogens (tertiary/aromatic N) is 2. The smallest absolute Gasteiger partial charge is 0.309 e. The summed E-state index contributed by atoms with van der Waals surface area (Å²) < 4.78 is 44.8. The number of nitrogens with one attached hydrogen (secondary N) is 2. The van der Waals surface area contributed by atoms with Crippen LogP contribution in [0.4, 0.5) is 4.39 Å². The van der Waals surface area contributed by atoms with E-state index in [0.29, 0.717) is 13.1 Å². The topological polar surface area (TPSA) is 108 Å². The van der Waals surface area contributed by atoms with Gasteiger partial charge in [-0.2, -0.15) is 4.31 Å². The number of benzene rings is 1. The fourth-order valence-electron chi connectivity index (χ4n) is 2.42. The number of likely N-dealkylation sites (N-methyl/N-ethyl adjacent to an activating group) is 1. The lowest BCUT2D eigenvalue weighted by molar-refractivity contribution is -0.139. The predicted octanol–water partition coefficient (Wildman–Crippen LogP) is -1.03. The summed E-state index contributed by atoms with van der Waals surface area (Å²) in [4.78, 5) is 25.3. The monoisotopic (exact) mass is 402 g/mol. The molecule has 0 unspecified atom stereocenters. The van der Waals surface area contributed by atoms with Crippen LogP contribution in [0, 0.1) is 5.82 Å². The summed E-state index contributed by atoms with van der Waals surface area (Å²) >= 11 is 0. The SMILES string of the molecule is CN(C)CCNC(=O)C(=O)NC[C@H]1OCCN1S(=O)(=O)c1ccc(F)cc1. The zero-order valence-corrected chi connectivity index (χ0v) is 16.0. The molecule has 11 heteroatoms. The molecule has 1 saturated heterocycles. The number of hydrogen-bond acceptors (Lipinski definition) is 6. The number of sulfonamides is 1. The van der Waals surface area contributed by atoms with E-state index in [1.165, 1.54) is 0 Å². The fraction of sp³-hybridized carbons (Fsp3) is 0.500. The molecule has 1 heterocycles. The number of rotatable bonds is 7. The molecule has 1 aromatic rings. The molecule has 1 aliphatic heterocycles. The highest BCUT2D eigenvalue weighted by Crippen LogP contribution is 2.22. The molecular weight excluding hydrogens is 379 g/mol. The molecule has 1 atom stereocenters. The van der Waals surface area contributed by atoms with Crippen molar-refractivity contribution in [1.29, 1.82) is 0 Å². The van der Waals surface area contributed by atoms with E-state index in [1.807, 2.05) is 19.0 Å². The number of ether oxygens (including phenoxy) is 1. The van der Waals surface area contributed by atoms with E-state index in [1.54, 1.807) is 0 Å². The van der Waals surface area contributed by atoms with Gasteiger partial charge in [0.1, 0.15) is 12.0 Å². The maximum absolute atomic E-state index is 13.0. The number of carbonyl (C=O) groups excluding carboxylic acids is 2. The predicted molar refractivity (Wildman–Crippen MR) is 94.6 cm³/mol. The van der Waals surface area contributed by atoms with Gasteiger partial charge in [-0.15, -0.1) is 0 Å². The summed E-state index contributed by atoms with van der Waals surface area (Å²) in [6.45, 7) is 0.949. The van der Waals surface area contributed by atoms with E-state index in [9.17, 15) is 22.4 Å². The molecule has 2 N–H and O–H groups in total. The summed E-state index contributed by atoms with van der Waals surface area (Å²) in [5.74, 6) is -2.22. The molecule has 0 bridgehead atoms. The van der Waals surface area contributed by atoms with Crippen LogP contribution >= 0.6 is 0 Å². The average molecular weight is 402 g/mol. The van der Waals surface area contributed by atoms with Gasteiger partial charge >= 0.3 is 11.8 Å². The lowest BCUT2D eigenvalue weighted by Gasteiger charge is -2.22. The third-order valence-electron chi connectivity index (χ3n) is 3.85. The second-order valence-electron chi connectivity index (χ2n) is 6.16. The minimum absolute atomic E-state index is 0.0767. The van der Waals surface area contributed by atoms with Gasteiger partial charge in [-0.3, -0.25) is 9.59 Å². The normalized spacial score (nSPS) is 17.9. The Morgan fingerprint density at radius 2 is 1.85 bits per heavy atom. The van der Waals surface area contributed by atoms with E-state index in [2.05, 4.69) is 10.6 Å². The maximum atomic E-state index is 13.0. The van der Waals surface area contributed by atoms with Crippen molar-refractivity contribution in [2.45, 2.75) is 11.1 Å². The Balaban J connectivity index is 1.93. The van der Waals surface area contributed by atoms with Crippen LogP contribution in [0.5, 0.6) is 0 Å². The van der Waals surface area contributed by atoms with E-state index in [4.69, 9.17) is 4.74 Å². The third-order valence-corrected chi connectivity index (χ3v) is 5.75. The Hall–Kier alpha value is -2.08. The first kappa shape index (κ1) is 21.2. The van der Waals surface area contributed by atoms with E-state index in [0.717, 1.165) is 28.6 Å². The van der Waals surface area contributed by atoms with Crippen molar-refractivity contribution in [3.05, 3.63) is 30.1 Å². The highest BCUT2D eigenvalue weighted by atomic mass is 32.2. The van der Waals surface area contributed by atoms with Gasteiger partial charge in [0.15, 0.2) is 0 Å². The summed E-state index contributed by atoms with van der Waals surface area (Å²) in [7, 11) is -0.246. The Kier molecular flexibility index (Phi) is 7.25. The molecule has 1 aliphatic rings. The van der Waals surface area contributed by atoms with Crippen LogP contribution in [0.15, 0.2) is 29.2 Å². The Morgan fingerprint density at radius 3 is 2.48 bits per heavy atom. The molecule has 0 spiro atoms. The second-order valence-corrected chi connectivity index (χ2v) is 8.05. The molecule has 0 saturated carbocycles. The number of hydrogen-bond donors (Lipinski definition) is 2. The molecule has 0 radical (unpaired) electrons. The second kappa shape index (κ2) is 9.22. The number of carbonyl (C=O) groups is 2. The molecule has 27 heavy (non-hydrogen) atoms. The number of halogens is 1. The van der Waals surface area contributed by atoms with Crippen molar-refractivity contribution >= 4 is 21.8 Å². The average Bonchev–Trinajstić information content (AvgIpc) is 3.09. The van der Waals surface area contributed by atoms with Crippen molar-refractivity contribution < 1.29 is 27.1 Å². The van der Waals surface area contributed by atoms with Crippen molar-refractivity contribution in [2.75, 3.05) is 46.9 Å². The third kappa shape index (κ3) is 5.70. The lowest BCUT2D eigenvalue weighted by atomic mass is 10.4. The van der Waals surface area contributed by atoms with Gasteiger partial charge in [0.2, 0.25) is 10.0 Å². The zero-order chi connectivity index (χ0) is 20.0. The molecule has 0 aromatic heterocycles. The molecule has 9 nitrogen and oxygen atoms in total. The molecule has 1 aromatic carbocycles. The van der Waals surface area contributed by atoms with Gasteiger partial charge < -0.3 is 20.3 Å². The Morgan fingerprint density at radius 1 is 1.22 bits per heavy atom. The first-order valence-electron chi connectivity index (χ1n) is 8.31. The molecule has 2 rings (SSSR count). The van der Waals surface area contributed by atoms with Crippen molar-refractivity contribution in [3.8, 4) is 0 Å². The van der Waals surface area contributed by atoms with Gasteiger partial charge in [0.05, 0.1) is 18.0 Å². The molecule has 1 fully saturated rings. The minimum Gasteiger partial charge on any atom is -0.359 e. The maximum Gasteiger partial charge on any atom is 0.309 e. The van der Waals surface area contributed by atoms with Crippen LogP contribution in [-0.4, -0.2) is 82.5 Å². The summed E-state index contributed by atoms with van der Waals surface area (Å²) in [5.41, 5.74) is 0. The van der Waals surface area contributed by atoms with Crippen LogP contribution in [0.1, 0.15) is 0 Å². The first-order chi connectivity index (χ1) is 12.7. The quantitative estimate of drug-likeness (QED) is 0.565. The minimum atomic E-state index is -3.91. The van der Waals surface area contributed by atoms with Crippen molar-refractivity contribution in [3.63, 3.8) is 0 Å². The van der Waals surface area contributed by atoms with Crippen LogP contribution in [0.2, 0.25) is 0 Å². The van der Waals surface area contributed by atoms with E-state index >= 15 is 0 Å². The van der Waals surface area contributed by atoms with E-state index < -0.39 is 33.9 Å². The van der Waals surface area contributed by atoms with Crippen molar-refractivity contribution in [1.82, 2.24) is 19.8 Å². The lowest BCUT2D eigenvalue weighted by Crippen LogP contribution is -2.48. The molecule has 150 valence electrons. The standard InChI is InChI=1S/C16H23FN4O5S/c1-20(2)8-7-18-15(22)16(23)19-11-14-21(9-10-26-14)27(24,25)13-5-3-12(17)4-6-13/h3-6,14H,7-11H2,1-2H3,(H,18,22)(H,19,23)/t14-/m1/s1. The van der Waals surface area contributed by atoms with Gasteiger partial charge in [0.25, 0.3) is 0 Å². The van der Waals surface area contributed by atoms with Crippen molar-refractivity contribution in [2.24, 2.45) is 0 Å². The van der Waals surface area contributed by atoms with Crippen LogP contribution < -0.4 is 10.6 Å². The van der Waals surface area contributed by atoms with Gasteiger partial charge in [-0.1, -0.05) is 0 Å². The van der Waals surface area contributed by atoms with Gasteiger partial charge in [-0.25, -0.2) is 12.8 Å². The zero-order valence-electron chi connectivity index (χ0n) is 15.1. The summed E-state index contributed by atoms with van der Waals surface area (Å²) in [6, 6.07) is 4.44. The molecular formula is C16H23FN4O5S. The van der Waals surface area contributed by atoms with Gasteiger partial charge in [0, 0.05) is 19.6 Å². The fourth-order valence-corrected chi connectivity index (χ4v) is 3.93. The largest absolute Gasteiger partial charge is 0.359 e. The van der Waals surface area contributed by atoms with E-state index in [-0.39, 0.29) is 24.6 Å².